The molecule has 1 aliphatic heterocycles. The van der Waals surface area contributed by atoms with Gasteiger partial charge >= 0.3 is 13.7 Å². The lowest BCUT2D eigenvalue weighted by Gasteiger charge is -2.20. The zero-order valence-corrected chi connectivity index (χ0v) is 30.9. The lowest BCUT2D eigenvalue weighted by molar-refractivity contribution is 0.0522. The second kappa shape index (κ2) is 14.8. The maximum atomic E-state index is 13.4. The Labute approximate surface area is 293 Å². The first kappa shape index (κ1) is 36.8. The molecule has 3 aromatic carbocycles. The number of nitrogens with zero attached hydrogens (tertiary/aromatic N) is 1. The third-order valence-corrected chi connectivity index (χ3v) is 9.90. The lowest BCUT2D eigenvalue weighted by atomic mass is 9.93. The van der Waals surface area contributed by atoms with Crippen LogP contribution in [0.1, 0.15) is 75.6 Å². The molecule has 0 saturated heterocycles. The summed E-state index contributed by atoms with van der Waals surface area (Å²) in [4.78, 5) is 30.9. The highest BCUT2D eigenvalue weighted by Gasteiger charge is 2.35. The van der Waals surface area contributed by atoms with Gasteiger partial charge in [0.2, 0.25) is 0 Å². The van der Waals surface area contributed by atoms with E-state index in [-0.39, 0.29) is 31.8 Å². The smallest absolute Gasteiger partial charge is 0.407 e. The first-order chi connectivity index (χ1) is 23.6. The predicted molar refractivity (Wildman–Crippen MR) is 194 cm³/mol. The van der Waals surface area contributed by atoms with Gasteiger partial charge in [0.15, 0.2) is 11.5 Å². The number of hydrogen-bond donors (Lipinski definition) is 2. The van der Waals surface area contributed by atoms with Gasteiger partial charge in [-0.25, -0.2) is 4.79 Å². The van der Waals surface area contributed by atoms with Gasteiger partial charge < -0.3 is 33.9 Å². The molecule has 5 rings (SSSR count). The maximum Gasteiger partial charge on any atom is 0.407 e. The fourth-order valence-corrected chi connectivity index (χ4v) is 7.62. The standard InChI is InChI=1S/C38H46N3O8P/c1-9-46-50(44,47-10-2)23-24-14-16-25(17-15-24)35(42)41-28-13-11-12-26(18-28)33-32-27(19-29(40-33)22-39-36(43)49-37(3,4)5)20-31(45-8)34-30(32)21-38(6,7)48-34/h11-20H,9-10,21-23H2,1-8H3,(H,39,43)(H,41,42). The van der Waals surface area contributed by atoms with Crippen LogP contribution in [0.15, 0.2) is 60.7 Å². The number of amides is 2. The minimum absolute atomic E-state index is 0.115. The molecule has 11 nitrogen and oxygen atoms in total. The van der Waals surface area contributed by atoms with Crippen molar-refractivity contribution >= 4 is 36.1 Å². The maximum absolute atomic E-state index is 13.4. The summed E-state index contributed by atoms with van der Waals surface area (Å²) in [7, 11) is -1.66. The number of methoxy groups -OCH3 is 1. The summed E-state index contributed by atoms with van der Waals surface area (Å²) in [6, 6.07) is 18.2. The summed E-state index contributed by atoms with van der Waals surface area (Å²) in [5.41, 5.74) is 3.69. The SMILES string of the molecule is CCOP(=O)(Cc1ccc(C(=O)Nc2cccc(-c3nc(CNC(=O)OC(C)(C)C)cc4cc(OC)c5c(c34)CC(C)(C)O5)c2)cc1)OCC. The normalized spacial score (nSPS) is 13.8. The van der Waals surface area contributed by atoms with Gasteiger partial charge in [0.05, 0.1) is 44.4 Å². The fourth-order valence-electron chi connectivity index (χ4n) is 5.92. The van der Waals surface area contributed by atoms with Gasteiger partial charge in [-0.2, -0.15) is 0 Å². The molecule has 0 spiro atoms. The van der Waals surface area contributed by atoms with Gasteiger partial charge in [-0.3, -0.25) is 14.3 Å². The van der Waals surface area contributed by atoms with E-state index in [1.165, 1.54) is 0 Å². The molecule has 1 aromatic heterocycles. The molecule has 2 N–H and O–H groups in total. The Bertz CT molecular complexity index is 1930. The number of nitrogens with one attached hydrogen (secondary N) is 2. The highest BCUT2D eigenvalue weighted by molar-refractivity contribution is 7.53. The van der Waals surface area contributed by atoms with Crippen LogP contribution in [0.2, 0.25) is 0 Å². The predicted octanol–water partition coefficient (Wildman–Crippen LogP) is 8.67. The van der Waals surface area contributed by atoms with E-state index in [1.807, 2.05) is 71.0 Å². The number of aromatic nitrogens is 1. The van der Waals surface area contributed by atoms with Gasteiger partial charge in [-0.15, -0.1) is 0 Å². The number of ether oxygens (including phenoxy) is 3. The largest absolute Gasteiger partial charge is 0.493 e. The van der Waals surface area contributed by atoms with Crippen molar-refractivity contribution in [2.24, 2.45) is 0 Å². The molecular formula is C38H46N3O8P. The minimum atomic E-state index is -3.27. The summed E-state index contributed by atoms with van der Waals surface area (Å²) < 4.78 is 41.3. The van der Waals surface area contributed by atoms with Crippen LogP contribution in [0.4, 0.5) is 10.5 Å². The van der Waals surface area contributed by atoms with Gasteiger partial charge in [0.1, 0.15) is 11.2 Å². The number of carbonyl (C=O) groups excluding carboxylic acids is 2. The number of hydrogen-bond acceptors (Lipinski definition) is 9. The van der Waals surface area contributed by atoms with Gasteiger partial charge in [-0.05, 0) is 95.8 Å². The summed E-state index contributed by atoms with van der Waals surface area (Å²) in [5, 5.41) is 7.59. The highest BCUT2D eigenvalue weighted by Crippen LogP contribution is 2.51. The molecule has 0 bridgehead atoms. The fraction of sp³-hybridized carbons (Fsp3) is 0.395. The first-order valence-electron chi connectivity index (χ1n) is 16.7. The Hall–Kier alpha value is -4.44. The van der Waals surface area contributed by atoms with E-state index in [1.54, 1.807) is 45.2 Å². The molecule has 0 aliphatic carbocycles. The Kier molecular flexibility index (Phi) is 10.9. The monoisotopic (exact) mass is 703 g/mol. The third-order valence-electron chi connectivity index (χ3n) is 7.84. The molecule has 0 atom stereocenters. The first-order valence-corrected chi connectivity index (χ1v) is 18.4. The average molecular weight is 704 g/mol. The quantitative estimate of drug-likeness (QED) is 0.139. The van der Waals surface area contributed by atoms with Crippen LogP contribution in [-0.4, -0.2) is 48.5 Å². The number of rotatable bonds is 12. The van der Waals surface area contributed by atoms with E-state index >= 15 is 0 Å². The van der Waals surface area contributed by atoms with E-state index in [2.05, 4.69) is 10.6 Å². The molecule has 1 aliphatic rings. The van der Waals surface area contributed by atoms with Crippen LogP contribution in [0.25, 0.3) is 22.0 Å². The number of anilines is 1. The van der Waals surface area contributed by atoms with Crippen molar-refractivity contribution in [1.29, 1.82) is 0 Å². The van der Waals surface area contributed by atoms with Crippen LogP contribution >= 0.6 is 7.60 Å². The zero-order valence-electron chi connectivity index (χ0n) is 30.0. The molecule has 0 unspecified atom stereocenters. The van der Waals surface area contributed by atoms with Crippen molar-refractivity contribution in [3.05, 3.63) is 83.0 Å². The summed E-state index contributed by atoms with van der Waals surface area (Å²) in [6.07, 6.45) is 0.207. The topological polar surface area (TPSA) is 134 Å². The Balaban J connectivity index is 1.47. The van der Waals surface area contributed by atoms with Crippen LogP contribution in [0.3, 0.4) is 0 Å². The second-order valence-electron chi connectivity index (χ2n) is 13.7. The molecule has 0 fully saturated rings. The number of benzene rings is 3. The van der Waals surface area contributed by atoms with Gasteiger partial charge in [0.25, 0.3) is 5.91 Å². The minimum Gasteiger partial charge on any atom is -0.493 e. The van der Waals surface area contributed by atoms with Crippen LogP contribution in [0, 0.1) is 0 Å². The van der Waals surface area contributed by atoms with Crippen LogP contribution < -0.4 is 20.1 Å². The molecule has 4 aromatic rings. The van der Waals surface area contributed by atoms with Crippen molar-refractivity contribution in [2.45, 2.75) is 78.8 Å². The summed E-state index contributed by atoms with van der Waals surface area (Å²) in [5.74, 6) is 0.992. The van der Waals surface area contributed by atoms with Crippen molar-refractivity contribution < 1.29 is 37.4 Å². The Morgan fingerprint density at radius 1 is 1.00 bits per heavy atom. The van der Waals surface area contributed by atoms with Gasteiger partial charge in [0, 0.05) is 34.2 Å². The third kappa shape index (κ3) is 8.82. The van der Waals surface area contributed by atoms with E-state index < -0.39 is 24.9 Å². The van der Waals surface area contributed by atoms with Crippen molar-refractivity contribution in [1.82, 2.24) is 10.3 Å². The molecule has 0 radical (unpaired) electrons. The van der Waals surface area contributed by atoms with E-state index in [0.717, 1.165) is 27.5 Å². The van der Waals surface area contributed by atoms with Gasteiger partial charge in [-0.1, -0.05) is 24.3 Å². The second-order valence-corrected chi connectivity index (χ2v) is 15.7. The van der Waals surface area contributed by atoms with Crippen molar-refractivity contribution in [3.63, 3.8) is 0 Å². The van der Waals surface area contributed by atoms with E-state index in [9.17, 15) is 14.2 Å². The highest BCUT2D eigenvalue weighted by atomic mass is 31.2. The van der Waals surface area contributed by atoms with Crippen LogP contribution in [0.5, 0.6) is 11.5 Å². The Morgan fingerprint density at radius 3 is 2.34 bits per heavy atom. The van der Waals surface area contributed by atoms with E-state index in [4.69, 9.17) is 28.2 Å². The molecule has 2 amide bonds. The number of alkyl carbamates (subject to hydrolysis) is 1. The lowest BCUT2D eigenvalue weighted by Crippen LogP contribution is -2.32. The number of fused-ring (bicyclic) bond motifs is 3. The molecular weight excluding hydrogens is 657 g/mol. The van der Waals surface area contributed by atoms with Crippen molar-refractivity contribution in [3.8, 4) is 22.8 Å². The molecule has 0 saturated carbocycles. The molecule has 2 heterocycles. The molecule has 50 heavy (non-hydrogen) atoms. The van der Waals surface area contributed by atoms with E-state index in [0.29, 0.717) is 40.6 Å². The van der Waals surface area contributed by atoms with Crippen LogP contribution in [-0.2, 0) is 37.5 Å². The number of carbonyl (C=O) groups is 2. The Morgan fingerprint density at radius 2 is 1.70 bits per heavy atom. The summed E-state index contributed by atoms with van der Waals surface area (Å²) in [6.45, 7) is 13.7. The van der Waals surface area contributed by atoms with Crippen molar-refractivity contribution in [2.75, 3.05) is 25.6 Å². The molecule has 12 heteroatoms. The zero-order chi connectivity index (χ0) is 36.3. The molecule has 266 valence electrons. The summed E-state index contributed by atoms with van der Waals surface area (Å²) >= 11 is 0. The average Bonchev–Trinajstić information content (AvgIpc) is 3.37. The number of pyridine rings is 1.